The summed E-state index contributed by atoms with van der Waals surface area (Å²) in [5.74, 6) is 2.25. The van der Waals surface area contributed by atoms with Gasteiger partial charge in [0.05, 0.1) is 19.8 Å². The maximum atomic E-state index is 10.2. The number of hydrogen-bond donors (Lipinski definition) is 3. The third-order valence-electron chi connectivity index (χ3n) is 3.91. The van der Waals surface area contributed by atoms with Crippen LogP contribution in [0.2, 0.25) is 0 Å². The first-order chi connectivity index (χ1) is 13.2. The monoisotopic (exact) mass is 499 g/mol. The second-order valence-electron chi connectivity index (χ2n) is 5.93. The van der Waals surface area contributed by atoms with E-state index in [1.807, 2.05) is 61.5 Å². The molecular formula is C21H30IN3O3. The number of nitrogens with zero attached hydrogens (tertiary/aromatic N) is 1. The molecule has 0 aromatic heterocycles. The van der Waals surface area contributed by atoms with Gasteiger partial charge in [-0.15, -0.1) is 24.0 Å². The number of hydrogen-bond acceptors (Lipinski definition) is 4. The topological polar surface area (TPSA) is 75.1 Å². The van der Waals surface area contributed by atoms with Gasteiger partial charge < -0.3 is 25.2 Å². The highest BCUT2D eigenvalue weighted by molar-refractivity contribution is 14.0. The molecule has 3 N–H and O–H groups in total. The number of aliphatic hydroxyl groups is 1. The third-order valence-corrected chi connectivity index (χ3v) is 3.91. The van der Waals surface area contributed by atoms with E-state index in [4.69, 9.17) is 9.47 Å². The molecule has 0 saturated carbocycles. The van der Waals surface area contributed by atoms with E-state index >= 15 is 0 Å². The van der Waals surface area contributed by atoms with E-state index in [1.165, 1.54) is 0 Å². The minimum Gasteiger partial charge on any atom is -0.497 e. The van der Waals surface area contributed by atoms with Crippen molar-refractivity contribution in [1.29, 1.82) is 0 Å². The predicted octanol–water partition coefficient (Wildman–Crippen LogP) is 3.37. The fraction of sp³-hybridized carbons (Fsp3) is 0.381. The van der Waals surface area contributed by atoms with Gasteiger partial charge in [0.1, 0.15) is 18.1 Å². The lowest BCUT2D eigenvalue weighted by molar-refractivity contribution is 0.170. The van der Waals surface area contributed by atoms with Crippen LogP contribution in [0.5, 0.6) is 11.5 Å². The van der Waals surface area contributed by atoms with Crippen molar-refractivity contribution in [2.24, 2.45) is 4.99 Å². The molecule has 154 valence electrons. The van der Waals surface area contributed by atoms with Gasteiger partial charge in [-0.05, 0) is 31.0 Å². The van der Waals surface area contributed by atoms with Crippen molar-refractivity contribution in [3.05, 3.63) is 60.2 Å². The summed E-state index contributed by atoms with van der Waals surface area (Å²) < 4.78 is 10.9. The number of guanidine groups is 1. The molecule has 1 unspecified atom stereocenters. The molecule has 2 rings (SSSR count). The number of halogens is 1. The Kier molecular flexibility index (Phi) is 12.1. The molecule has 6 nitrogen and oxygen atoms in total. The minimum atomic E-state index is -0.505. The van der Waals surface area contributed by atoms with Crippen LogP contribution in [-0.2, 0) is 0 Å². The lowest BCUT2D eigenvalue weighted by Crippen LogP contribution is -2.39. The van der Waals surface area contributed by atoms with Crippen molar-refractivity contribution in [2.75, 3.05) is 33.4 Å². The van der Waals surface area contributed by atoms with Crippen LogP contribution in [0.4, 0.5) is 0 Å². The van der Waals surface area contributed by atoms with Gasteiger partial charge in [0.15, 0.2) is 5.96 Å². The van der Waals surface area contributed by atoms with Crippen LogP contribution in [0.25, 0.3) is 0 Å². The maximum Gasteiger partial charge on any atom is 0.191 e. The van der Waals surface area contributed by atoms with E-state index in [2.05, 4.69) is 15.6 Å². The standard InChI is InChI=1S/C21H29N3O3.HI/c1-3-22-21(23-13-12-20(25)17-8-5-4-6-9-17)24-14-15-27-19-11-7-10-18(16-19)26-2;/h4-11,16,20,25H,3,12-15H2,1-2H3,(H2,22,23,24);1H. The third kappa shape index (κ3) is 8.79. The molecule has 1 atom stereocenters. The molecule has 0 amide bonds. The highest BCUT2D eigenvalue weighted by atomic mass is 127. The summed E-state index contributed by atoms with van der Waals surface area (Å²) >= 11 is 0. The van der Waals surface area contributed by atoms with E-state index in [0.29, 0.717) is 32.1 Å². The molecule has 0 radical (unpaired) electrons. The molecule has 0 saturated heterocycles. The molecule has 0 aliphatic heterocycles. The summed E-state index contributed by atoms with van der Waals surface area (Å²) in [7, 11) is 1.63. The van der Waals surface area contributed by atoms with Gasteiger partial charge in [0, 0.05) is 19.2 Å². The Bertz CT molecular complexity index is 698. The van der Waals surface area contributed by atoms with Gasteiger partial charge in [-0.3, -0.25) is 4.99 Å². The number of ether oxygens (including phenoxy) is 2. The number of aliphatic imine (C=N–C) groups is 1. The highest BCUT2D eigenvalue weighted by Crippen LogP contribution is 2.18. The molecule has 0 spiro atoms. The van der Waals surface area contributed by atoms with Crippen LogP contribution < -0.4 is 20.1 Å². The average molecular weight is 499 g/mol. The van der Waals surface area contributed by atoms with Crippen molar-refractivity contribution in [1.82, 2.24) is 10.6 Å². The molecule has 0 heterocycles. The fourth-order valence-corrected chi connectivity index (χ4v) is 2.51. The van der Waals surface area contributed by atoms with Crippen LogP contribution >= 0.6 is 24.0 Å². The minimum absolute atomic E-state index is 0. The van der Waals surface area contributed by atoms with Crippen LogP contribution in [0, 0.1) is 0 Å². The first-order valence-electron chi connectivity index (χ1n) is 9.25. The van der Waals surface area contributed by atoms with Crippen molar-refractivity contribution >= 4 is 29.9 Å². The number of aliphatic hydroxyl groups excluding tert-OH is 1. The van der Waals surface area contributed by atoms with Gasteiger partial charge in [-0.25, -0.2) is 0 Å². The number of rotatable bonds is 10. The van der Waals surface area contributed by atoms with Crippen molar-refractivity contribution in [2.45, 2.75) is 19.4 Å². The van der Waals surface area contributed by atoms with Crippen LogP contribution in [0.3, 0.4) is 0 Å². The summed E-state index contributed by atoms with van der Waals surface area (Å²) in [6, 6.07) is 17.2. The van der Waals surface area contributed by atoms with Crippen molar-refractivity contribution in [3.8, 4) is 11.5 Å². The van der Waals surface area contributed by atoms with Gasteiger partial charge in [-0.1, -0.05) is 36.4 Å². The van der Waals surface area contributed by atoms with Gasteiger partial charge in [0.25, 0.3) is 0 Å². The maximum absolute atomic E-state index is 10.2. The fourth-order valence-electron chi connectivity index (χ4n) is 2.51. The second-order valence-corrected chi connectivity index (χ2v) is 5.93. The summed E-state index contributed by atoms with van der Waals surface area (Å²) in [4.78, 5) is 4.51. The van der Waals surface area contributed by atoms with E-state index in [1.54, 1.807) is 7.11 Å². The van der Waals surface area contributed by atoms with Gasteiger partial charge >= 0.3 is 0 Å². The molecule has 7 heteroatoms. The Morgan fingerprint density at radius 2 is 1.82 bits per heavy atom. The summed E-state index contributed by atoms with van der Waals surface area (Å²) in [6.07, 6.45) is 0.0650. The summed E-state index contributed by atoms with van der Waals surface area (Å²) in [5, 5.41) is 16.6. The molecule has 2 aromatic rings. The molecule has 0 aliphatic carbocycles. The van der Waals surface area contributed by atoms with Crippen molar-refractivity contribution < 1.29 is 14.6 Å². The quantitative estimate of drug-likeness (QED) is 0.202. The molecule has 0 fully saturated rings. The zero-order valence-electron chi connectivity index (χ0n) is 16.4. The Balaban J connectivity index is 0.00000392. The Hall–Kier alpha value is -2.00. The Labute approximate surface area is 184 Å². The smallest absolute Gasteiger partial charge is 0.191 e. The molecule has 0 bridgehead atoms. The number of benzene rings is 2. The normalized spacial score (nSPS) is 11.9. The summed E-state index contributed by atoms with van der Waals surface area (Å²) in [6.45, 7) is 4.43. The zero-order chi connectivity index (χ0) is 19.3. The second kappa shape index (κ2) is 14.1. The molecule has 28 heavy (non-hydrogen) atoms. The number of methoxy groups -OCH3 is 1. The number of nitrogens with one attached hydrogen (secondary N) is 2. The Morgan fingerprint density at radius 1 is 1.07 bits per heavy atom. The largest absolute Gasteiger partial charge is 0.497 e. The van der Waals surface area contributed by atoms with E-state index in [0.717, 1.165) is 23.6 Å². The van der Waals surface area contributed by atoms with Gasteiger partial charge in [-0.2, -0.15) is 0 Å². The van der Waals surface area contributed by atoms with E-state index < -0.39 is 6.10 Å². The average Bonchev–Trinajstić information content (AvgIpc) is 2.71. The highest BCUT2D eigenvalue weighted by Gasteiger charge is 2.06. The Morgan fingerprint density at radius 3 is 2.54 bits per heavy atom. The van der Waals surface area contributed by atoms with Gasteiger partial charge in [0.2, 0.25) is 0 Å². The zero-order valence-corrected chi connectivity index (χ0v) is 18.8. The first kappa shape index (κ1) is 24.0. The lowest BCUT2D eigenvalue weighted by atomic mass is 10.1. The first-order valence-corrected chi connectivity index (χ1v) is 9.25. The molecular weight excluding hydrogens is 469 g/mol. The molecule has 0 aliphatic rings. The lowest BCUT2D eigenvalue weighted by Gasteiger charge is -2.13. The van der Waals surface area contributed by atoms with Crippen LogP contribution in [-0.4, -0.2) is 44.4 Å². The van der Waals surface area contributed by atoms with Crippen molar-refractivity contribution in [3.63, 3.8) is 0 Å². The predicted molar refractivity (Wildman–Crippen MR) is 124 cm³/mol. The van der Waals surface area contributed by atoms with E-state index in [-0.39, 0.29) is 24.0 Å². The van der Waals surface area contributed by atoms with Crippen LogP contribution in [0.1, 0.15) is 25.0 Å². The molecule has 2 aromatic carbocycles. The summed E-state index contributed by atoms with van der Waals surface area (Å²) in [5.41, 5.74) is 0.914. The van der Waals surface area contributed by atoms with E-state index in [9.17, 15) is 5.11 Å². The van der Waals surface area contributed by atoms with Crippen LogP contribution in [0.15, 0.2) is 59.6 Å². The SMILES string of the molecule is CCNC(=NCCC(O)c1ccccc1)NCCOc1cccc(OC)c1.I.